The van der Waals surface area contributed by atoms with Crippen LogP contribution >= 0.6 is 0 Å². The third kappa shape index (κ3) is 11.5. The summed E-state index contributed by atoms with van der Waals surface area (Å²) in [7, 11) is 0. The molecule has 5 aromatic rings. The summed E-state index contributed by atoms with van der Waals surface area (Å²) >= 11 is 1.46. The molecule has 0 nitrogen and oxygen atoms in total. The Kier molecular flexibility index (Phi) is 15.6. The summed E-state index contributed by atoms with van der Waals surface area (Å²) in [5, 5.41) is 5.48. The van der Waals surface area contributed by atoms with Gasteiger partial charge in [0.2, 0.25) is 0 Å². The van der Waals surface area contributed by atoms with E-state index in [-0.39, 0.29) is 35.6 Å². The number of allylic oxidation sites excluding steroid dienone is 4. The van der Waals surface area contributed by atoms with Gasteiger partial charge in [0.05, 0.1) is 0 Å². The van der Waals surface area contributed by atoms with Crippen LogP contribution in [-0.2, 0) is 35.1 Å². The summed E-state index contributed by atoms with van der Waals surface area (Å²) in [5.41, 5.74) is 10.3. The van der Waals surface area contributed by atoms with Crippen LogP contribution in [0.1, 0.15) is 109 Å². The molecule has 0 fully saturated rings. The van der Waals surface area contributed by atoms with E-state index in [0.29, 0.717) is 11.3 Å². The van der Waals surface area contributed by atoms with Crippen LogP contribution in [0.2, 0.25) is 0 Å². The first kappa shape index (κ1) is 43.7. The molecular formula is C47H56Cl2Zr-2. The van der Waals surface area contributed by atoms with Crippen molar-refractivity contribution < 1.29 is 49.0 Å². The molecule has 0 amide bonds. The molecule has 0 aliphatic heterocycles. The molecule has 0 saturated heterocycles. The van der Waals surface area contributed by atoms with Crippen molar-refractivity contribution in [1.82, 2.24) is 0 Å². The first-order valence-corrected chi connectivity index (χ1v) is 18.8. The molecule has 6 rings (SSSR count). The first-order valence-electron chi connectivity index (χ1n) is 17.5. The quantitative estimate of drug-likeness (QED) is 0.172. The second-order valence-corrected chi connectivity index (χ2v) is 17.8. The first-order chi connectivity index (χ1) is 22.4. The summed E-state index contributed by atoms with van der Waals surface area (Å²) in [6.07, 6.45) is 9.00. The van der Waals surface area contributed by atoms with Crippen LogP contribution in [-0.4, -0.2) is 3.21 Å². The van der Waals surface area contributed by atoms with E-state index in [9.17, 15) is 0 Å². The Morgan fingerprint density at radius 2 is 1.02 bits per heavy atom. The number of hydrogen-bond donors (Lipinski definition) is 0. The maximum absolute atomic E-state index is 3.35. The van der Waals surface area contributed by atoms with Crippen LogP contribution in [0.15, 0.2) is 109 Å². The zero-order valence-corrected chi connectivity index (χ0v) is 36.3. The van der Waals surface area contributed by atoms with Gasteiger partial charge in [0.1, 0.15) is 0 Å². The van der Waals surface area contributed by atoms with E-state index >= 15 is 0 Å². The Labute approximate surface area is 331 Å². The topological polar surface area (TPSA) is 0 Å². The molecular weight excluding hydrogens is 727 g/mol. The standard InChI is InChI=1S/C21H25.C15H14.C11H17.2ClH.Zr/c1-20(2,3)16-7-9-18-14(12-16)11-15-13-17(21(4,5)6)8-10-19(15)18;1-12-3-7-14(8-4-12)11-15-9-5-13(2)6-10-15;1-5-9-6-7-10(8-9)11(2,3)4;;;/h7-13H,1-6H3;3-10H,1-2H3;7-9H,5H2,1-4H3;2*1H;/q-1;;-1;;;+2/p-2. The molecule has 3 heteroatoms. The summed E-state index contributed by atoms with van der Waals surface area (Å²) in [5.74, 6) is 0.573. The molecule has 0 spiro atoms. The molecule has 5 aromatic carbocycles. The van der Waals surface area contributed by atoms with E-state index in [2.05, 4.69) is 192 Å². The van der Waals surface area contributed by atoms with Crippen molar-refractivity contribution in [3.8, 4) is 0 Å². The third-order valence-electron chi connectivity index (χ3n) is 9.26. The number of benzene rings is 4. The van der Waals surface area contributed by atoms with Crippen molar-refractivity contribution in [3.05, 3.63) is 148 Å². The van der Waals surface area contributed by atoms with Gasteiger partial charge in [-0.2, -0.15) is 11.6 Å². The fourth-order valence-electron chi connectivity index (χ4n) is 5.77. The number of rotatable bonds is 3. The van der Waals surface area contributed by atoms with Gasteiger partial charge in [-0.3, -0.25) is 6.08 Å². The molecule has 0 N–H and O–H groups in total. The van der Waals surface area contributed by atoms with Gasteiger partial charge in [-0.15, -0.1) is 39.7 Å². The van der Waals surface area contributed by atoms with Crippen LogP contribution in [0.25, 0.3) is 21.5 Å². The van der Waals surface area contributed by atoms with Crippen molar-refractivity contribution in [2.45, 2.75) is 100 Å². The minimum Gasteiger partial charge on any atom is -1.00 e. The van der Waals surface area contributed by atoms with Crippen LogP contribution < -0.4 is 24.8 Å². The summed E-state index contributed by atoms with van der Waals surface area (Å²) in [6, 6.07) is 33.7. The summed E-state index contributed by atoms with van der Waals surface area (Å²) in [4.78, 5) is 0. The fourth-order valence-corrected chi connectivity index (χ4v) is 6.59. The third-order valence-corrected chi connectivity index (χ3v) is 10.7. The van der Waals surface area contributed by atoms with Crippen molar-refractivity contribution >= 4 is 24.8 Å². The number of aryl methyl sites for hydroxylation is 2. The van der Waals surface area contributed by atoms with Crippen LogP contribution in [0, 0.1) is 31.3 Å². The summed E-state index contributed by atoms with van der Waals surface area (Å²) in [6.45, 7) is 26.8. The zero-order valence-electron chi connectivity index (χ0n) is 32.4. The Morgan fingerprint density at radius 3 is 1.32 bits per heavy atom. The van der Waals surface area contributed by atoms with Crippen molar-refractivity contribution in [1.29, 1.82) is 0 Å². The Balaban J connectivity index is 0.000000268. The van der Waals surface area contributed by atoms with Gasteiger partial charge in [-0.1, -0.05) is 122 Å². The van der Waals surface area contributed by atoms with Crippen LogP contribution in [0.5, 0.6) is 0 Å². The minimum atomic E-state index is 0. The van der Waals surface area contributed by atoms with E-state index in [4.69, 9.17) is 0 Å². The second-order valence-electron chi connectivity index (χ2n) is 16.6. The van der Waals surface area contributed by atoms with Crippen LogP contribution in [0.3, 0.4) is 0 Å². The Hall–Kier alpha value is -2.44. The molecule has 1 aliphatic rings. The number of halogens is 2. The zero-order chi connectivity index (χ0) is 35.4. The molecule has 1 aliphatic carbocycles. The van der Waals surface area contributed by atoms with Crippen LogP contribution in [0.4, 0.5) is 0 Å². The SMILES string of the molecule is CC(C)(C)c1ccc2c(c1)[cH-]c1cc(C(C)(C)C)ccc12.CCC1[C-]=CC(C(C)(C)C)=C1.Cc1ccc([C](=[Zr+2])c2ccc(C)cc2)cc1.[Cl-].[Cl-]. The van der Waals surface area contributed by atoms with E-state index in [1.807, 2.05) is 0 Å². The molecule has 1 atom stereocenters. The van der Waals surface area contributed by atoms with Crippen molar-refractivity contribution in [3.63, 3.8) is 0 Å². The minimum absolute atomic E-state index is 0. The fraction of sp³-hybridized carbons (Fsp3) is 0.362. The smallest absolute Gasteiger partial charge is 1.00 e. The molecule has 264 valence electrons. The Morgan fingerprint density at radius 1 is 0.620 bits per heavy atom. The summed E-state index contributed by atoms with van der Waals surface area (Å²) < 4.78 is 1.42. The number of fused-ring (bicyclic) bond motifs is 3. The predicted octanol–water partition coefficient (Wildman–Crippen LogP) is 7.09. The Bertz CT molecular complexity index is 1800. The van der Waals surface area contributed by atoms with Gasteiger partial charge < -0.3 is 24.8 Å². The van der Waals surface area contributed by atoms with Crippen molar-refractivity contribution in [2.24, 2.45) is 11.3 Å². The average Bonchev–Trinajstić information content (AvgIpc) is 3.66. The van der Waals surface area contributed by atoms with E-state index < -0.39 is 0 Å². The van der Waals surface area contributed by atoms with E-state index in [0.717, 1.165) is 0 Å². The van der Waals surface area contributed by atoms with Gasteiger partial charge in [0.25, 0.3) is 0 Å². The predicted molar refractivity (Wildman–Crippen MR) is 209 cm³/mol. The number of hydrogen-bond acceptors (Lipinski definition) is 0. The normalized spacial score (nSPS) is 14.1. The average molecular weight is 783 g/mol. The molecule has 50 heavy (non-hydrogen) atoms. The van der Waals surface area contributed by atoms with E-state index in [1.165, 1.54) is 94.4 Å². The maximum atomic E-state index is 3.35. The molecule has 1 unspecified atom stereocenters. The van der Waals surface area contributed by atoms with Gasteiger partial charge in [0.15, 0.2) is 0 Å². The second kappa shape index (κ2) is 17.9. The molecule has 0 radical (unpaired) electrons. The van der Waals surface area contributed by atoms with E-state index in [1.54, 1.807) is 0 Å². The maximum Gasteiger partial charge on any atom is -1.00 e. The van der Waals surface area contributed by atoms with Gasteiger partial charge in [-0.05, 0) is 10.8 Å². The van der Waals surface area contributed by atoms with Gasteiger partial charge in [0, 0.05) is 0 Å². The van der Waals surface area contributed by atoms with Gasteiger partial charge in [-0.25, -0.2) is 6.08 Å². The largest absolute Gasteiger partial charge is 1.00 e. The molecule has 0 aromatic heterocycles. The van der Waals surface area contributed by atoms with Crippen molar-refractivity contribution in [2.75, 3.05) is 0 Å². The molecule has 0 bridgehead atoms. The molecule has 0 heterocycles. The molecule has 0 saturated carbocycles. The van der Waals surface area contributed by atoms with Gasteiger partial charge >= 0.3 is 112 Å². The monoisotopic (exact) mass is 780 g/mol.